The lowest BCUT2D eigenvalue weighted by Gasteiger charge is -2.22. The summed E-state index contributed by atoms with van der Waals surface area (Å²) in [4.78, 5) is 13.9. The molecule has 0 saturated heterocycles. The molecule has 3 N–H and O–H groups in total. The predicted molar refractivity (Wildman–Crippen MR) is 70.8 cm³/mol. The van der Waals surface area contributed by atoms with E-state index in [1.54, 1.807) is 7.11 Å². The molecule has 0 radical (unpaired) electrons. The number of carbonyl (C=O) groups excluding carboxylic acids is 1. The van der Waals surface area contributed by atoms with E-state index in [-0.39, 0.29) is 6.03 Å². The summed E-state index contributed by atoms with van der Waals surface area (Å²) in [5, 5.41) is 2.88. The van der Waals surface area contributed by atoms with Crippen molar-refractivity contribution in [1.29, 1.82) is 0 Å². The molecule has 0 heterocycles. The molecule has 2 rings (SSSR count). The highest BCUT2D eigenvalue weighted by Crippen LogP contribution is 2.27. The van der Waals surface area contributed by atoms with Gasteiger partial charge in [-0.1, -0.05) is 0 Å². The Morgan fingerprint density at radius 1 is 1.44 bits per heavy atom. The highest BCUT2D eigenvalue weighted by Gasteiger charge is 2.31. The molecule has 1 aliphatic carbocycles. The van der Waals surface area contributed by atoms with E-state index in [0.29, 0.717) is 19.1 Å². The van der Waals surface area contributed by atoms with Crippen molar-refractivity contribution in [3.8, 4) is 5.75 Å². The summed E-state index contributed by atoms with van der Waals surface area (Å²) in [5.41, 5.74) is 6.29. The van der Waals surface area contributed by atoms with Crippen LogP contribution in [0.4, 0.5) is 10.5 Å². The molecule has 0 aliphatic heterocycles. The van der Waals surface area contributed by atoms with Gasteiger partial charge < -0.3 is 20.7 Å². The fourth-order valence-electron chi connectivity index (χ4n) is 1.84. The van der Waals surface area contributed by atoms with Crippen LogP contribution < -0.4 is 15.8 Å². The molecule has 1 fully saturated rings. The maximum absolute atomic E-state index is 12.1. The minimum Gasteiger partial charge on any atom is -0.497 e. The van der Waals surface area contributed by atoms with E-state index in [9.17, 15) is 4.79 Å². The highest BCUT2D eigenvalue weighted by atomic mass is 16.5. The first-order valence-electron chi connectivity index (χ1n) is 6.16. The number of hydrogen-bond donors (Lipinski definition) is 2. The Morgan fingerprint density at radius 3 is 2.61 bits per heavy atom. The lowest BCUT2D eigenvalue weighted by Crippen LogP contribution is -2.40. The summed E-state index contributed by atoms with van der Waals surface area (Å²) in [5.74, 6) is 0.772. The van der Waals surface area contributed by atoms with Crippen molar-refractivity contribution < 1.29 is 9.53 Å². The van der Waals surface area contributed by atoms with Crippen molar-refractivity contribution in [2.24, 2.45) is 5.73 Å². The van der Waals surface area contributed by atoms with Crippen LogP contribution in [0.3, 0.4) is 0 Å². The van der Waals surface area contributed by atoms with Gasteiger partial charge in [-0.3, -0.25) is 0 Å². The summed E-state index contributed by atoms with van der Waals surface area (Å²) in [7, 11) is 1.61. The largest absolute Gasteiger partial charge is 0.497 e. The minimum atomic E-state index is -0.0758. The van der Waals surface area contributed by atoms with Gasteiger partial charge in [-0.15, -0.1) is 0 Å². The van der Waals surface area contributed by atoms with Crippen molar-refractivity contribution in [2.45, 2.75) is 18.9 Å². The second-order valence-corrected chi connectivity index (χ2v) is 4.37. The third-order valence-corrected chi connectivity index (χ3v) is 2.96. The van der Waals surface area contributed by atoms with Crippen molar-refractivity contribution >= 4 is 11.7 Å². The molecule has 5 nitrogen and oxygen atoms in total. The van der Waals surface area contributed by atoms with Gasteiger partial charge in [0.25, 0.3) is 0 Å². The number of carbonyl (C=O) groups is 1. The van der Waals surface area contributed by atoms with Crippen LogP contribution in [0.2, 0.25) is 0 Å². The molecule has 1 aliphatic rings. The molecule has 0 unspecified atom stereocenters. The smallest absolute Gasteiger partial charge is 0.322 e. The van der Waals surface area contributed by atoms with Gasteiger partial charge in [0.2, 0.25) is 0 Å². The van der Waals surface area contributed by atoms with E-state index in [4.69, 9.17) is 10.5 Å². The Labute approximate surface area is 107 Å². The van der Waals surface area contributed by atoms with Gasteiger partial charge in [-0.05, 0) is 37.1 Å². The average Bonchev–Trinajstić information content (AvgIpc) is 3.21. The van der Waals surface area contributed by atoms with Crippen molar-refractivity contribution in [3.05, 3.63) is 24.3 Å². The van der Waals surface area contributed by atoms with E-state index in [0.717, 1.165) is 24.3 Å². The van der Waals surface area contributed by atoms with E-state index >= 15 is 0 Å². The zero-order valence-electron chi connectivity index (χ0n) is 10.6. The summed E-state index contributed by atoms with van der Waals surface area (Å²) in [6.07, 6.45) is 2.16. The Balaban J connectivity index is 1.95. The fraction of sp³-hybridized carbons (Fsp3) is 0.462. The molecule has 0 spiro atoms. The van der Waals surface area contributed by atoms with E-state index in [2.05, 4.69) is 5.32 Å². The summed E-state index contributed by atoms with van der Waals surface area (Å²) in [6, 6.07) is 7.58. The van der Waals surface area contributed by atoms with Gasteiger partial charge in [0.05, 0.1) is 7.11 Å². The molecule has 18 heavy (non-hydrogen) atoms. The molecule has 0 bridgehead atoms. The molecule has 1 saturated carbocycles. The van der Waals surface area contributed by atoms with Gasteiger partial charge >= 0.3 is 6.03 Å². The number of nitrogens with zero attached hydrogens (tertiary/aromatic N) is 1. The van der Waals surface area contributed by atoms with Gasteiger partial charge in [-0.25, -0.2) is 4.79 Å². The lowest BCUT2D eigenvalue weighted by molar-refractivity contribution is 0.210. The second-order valence-electron chi connectivity index (χ2n) is 4.37. The maximum Gasteiger partial charge on any atom is 0.322 e. The standard InChI is InChI=1S/C13H19N3O2/c1-18-12-6-2-10(3-7-12)15-13(17)16(9-8-14)11-4-5-11/h2-3,6-7,11H,4-5,8-9,14H2,1H3,(H,15,17). The molecule has 5 heteroatoms. The first-order valence-corrected chi connectivity index (χ1v) is 6.16. The Kier molecular flexibility index (Phi) is 4.04. The van der Waals surface area contributed by atoms with Crippen LogP contribution in [-0.2, 0) is 0 Å². The van der Waals surface area contributed by atoms with Crippen molar-refractivity contribution in [1.82, 2.24) is 4.90 Å². The SMILES string of the molecule is COc1ccc(NC(=O)N(CCN)C2CC2)cc1. The monoisotopic (exact) mass is 249 g/mol. The lowest BCUT2D eigenvalue weighted by atomic mass is 10.3. The number of rotatable bonds is 5. The second kappa shape index (κ2) is 5.73. The van der Waals surface area contributed by atoms with E-state index < -0.39 is 0 Å². The van der Waals surface area contributed by atoms with Crippen LogP contribution in [0.25, 0.3) is 0 Å². The van der Waals surface area contributed by atoms with Crippen LogP contribution >= 0.6 is 0 Å². The summed E-state index contributed by atoms with van der Waals surface area (Å²) >= 11 is 0. The zero-order chi connectivity index (χ0) is 13.0. The number of urea groups is 1. The van der Waals surface area contributed by atoms with E-state index in [1.807, 2.05) is 29.2 Å². The van der Waals surface area contributed by atoms with Gasteiger partial charge in [0, 0.05) is 24.8 Å². The Bertz CT molecular complexity index is 401. The summed E-state index contributed by atoms with van der Waals surface area (Å²) in [6.45, 7) is 1.10. The molecule has 2 amide bonds. The summed E-state index contributed by atoms with van der Waals surface area (Å²) < 4.78 is 5.07. The van der Waals surface area contributed by atoms with Crippen molar-refractivity contribution in [2.75, 3.05) is 25.5 Å². The number of ether oxygens (including phenoxy) is 1. The predicted octanol–water partition coefficient (Wildman–Crippen LogP) is 1.65. The Hall–Kier alpha value is -1.75. The third kappa shape index (κ3) is 3.13. The number of nitrogens with one attached hydrogen (secondary N) is 1. The normalized spacial score (nSPS) is 14.1. The zero-order valence-corrected chi connectivity index (χ0v) is 10.6. The first kappa shape index (κ1) is 12.7. The number of benzene rings is 1. The minimum absolute atomic E-state index is 0.0758. The molecule has 1 aromatic rings. The van der Waals surface area contributed by atoms with Crippen LogP contribution in [0.15, 0.2) is 24.3 Å². The third-order valence-electron chi connectivity index (χ3n) is 2.96. The van der Waals surface area contributed by atoms with Crippen molar-refractivity contribution in [3.63, 3.8) is 0 Å². The maximum atomic E-state index is 12.1. The Morgan fingerprint density at radius 2 is 2.11 bits per heavy atom. The van der Waals surface area contributed by atoms with Crippen LogP contribution in [0.1, 0.15) is 12.8 Å². The number of anilines is 1. The number of nitrogens with two attached hydrogens (primary N) is 1. The highest BCUT2D eigenvalue weighted by molar-refractivity contribution is 5.89. The van der Waals surface area contributed by atoms with Crippen LogP contribution in [0.5, 0.6) is 5.75 Å². The molecule has 0 aromatic heterocycles. The molecule has 0 atom stereocenters. The molecular formula is C13H19N3O2. The number of methoxy groups -OCH3 is 1. The number of amides is 2. The fourth-order valence-corrected chi connectivity index (χ4v) is 1.84. The molecule has 98 valence electrons. The molecular weight excluding hydrogens is 230 g/mol. The van der Waals surface area contributed by atoms with Crippen LogP contribution in [-0.4, -0.2) is 37.2 Å². The van der Waals surface area contributed by atoms with Gasteiger partial charge in [0.15, 0.2) is 0 Å². The van der Waals surface area contributed by atoms with Gasteiger partial charge in [-0.2, -0.15) is 0 Å². The van der Waals surface area contributed by atoms with Gasteiger partial charge in [0.1, 0.15) is 5.75 Å². The van der Waals surface area contributed by atoms with Crippen LogP contribution in [0, 0.1) is 0 Å². The first-order chi connectivity index (χ1) is 8.74. The van der Waals surface area contributed by atoms with E-state index in [1.165, 1.54) is 0 Å². The quantitative estimate of drug-likeness (QED) is 0.833. The number of hydrogen-bond acceptors (Lipinski definition) is 3. The molecule has 1 aromatic carbocycles. The topological polar surface area (TPSA) is 67.6 Å². The average molecular weight is 249 g/mol.